The van der Waals surface area contributed by atoms with Crippen molar-refractivity contribution in [1.82, 2.24) is 5.32 Å². The number of hydrogen-bond acceptors (Lipinski definition) is 3. The number of rotatable bonds is 5. The number of benzene rings is 3. The molecule has 0 spiro atoms. The number of amides is 2. The summed E-state index contributed by atoms with van der Waals surface area (Å²) in [6.07, 6.45) is 1.55. The molecule has 29 heavy (non-hydrogen) atoms. The van der Waals surface area contributed by atoms with E-state index >= 15 is 0 Å². The molecular weight excluding hydrogens is 456 g/mol. The van der Waals surface area contributed by atoms with Gasteiger partial charge in [-0.3, -0.25) is 9.59 Å². The fraction of sp³-hybridized carbons (Fsp3) is 0. The maximum atomic E-state index is 12.8. The molecule has 0 saturated heterocycles. The average molecular weight is 472 g/mol. The van der Waals surface area contributed by atoms with Crippen molar-refractivity contribution in [1.29, 1.82) is 0 Å². The van der Waals surface area contributed by atoms with E-state index in [4.69, 9.17) is 11.6 Å². The monoisotopic (exact) mass is 470 g/mol. The summed E-state index contributed by atoms with van der Waals surface area (Å²) < 4.78 is 0.889. The predicted octanol–water partition coefficient (Wildman–Crippen LogP) is 5.22. The highest BCUT2D eigenvalue weighted by Gasteiger charge is 2.17. The highest BCUT2D eigenvalue weighted by atomic mass is 79.9. The normalized spacial score (nSPS) is 11.0. The van der Waals surface area contributed by atoms with Gasteiger partial charge in [0.1, 0.15) is 11.4 Å². The van der Waals surface area contributed by atoms with Crippen molar-refractivity contribution in [3.8, 4) is 5.75 Å². The Hall–Kier alpha value is -3.09. The maximum Gasteiger partial charge on any atom is 0.272 e. The third kappa shape index (κ3) is 5.70. The first-order chi connectivity index (χ1) is 13.9. The lowest BCUT2D eigenvalue weighted by Crippen LogP contribution is -2.30. The fourth-order valence-electron chi connectivity index (χ4n) is 2.50. The minimum absolute atomic E-state index is 0.0151. The molecule has 0 radical (unpaired) electrons. The van der Waals surface area contributed by atoms with Crippen molar-refractivity contribution in [3.63, 3.8) is 0 Å². The molecule has 0 aliphatic rings. The lowest BCUT2D eigenvalue weighted by Gasteiger charge is -2.12. The molecule has 0 aliphatic heterocycles. The van der Waals surface area contributed by atoms with E-state index in [2.05, 4.69) is 26.6 Å². The van der Waals surface area contributed by atoms with Crippen LogP contribution in [0, 0.1) is 0 Å². The molecule has 5 nitrogen and oxygen atoms in total. The molecule has 3 aromatic rings. The van der Waals surface area contributed by atoms with E-state index in [-0.39, 0.29) is 22.0 Å². The molecule has 0 bridgehead atoms. The Morgan fingerprint density at radius 2 is 1.69 bits per heavy atom. The molecule has 0 saturated carbocycles. The van der Waals surface area contributed by atoms with Gasteiger partial charge in [-0.15, -0.1) is 0 Å². The number of aromatic hydroxyl groups is 1. The molecule has 0 aromatic heterocycles. The third-order valence-corrected chi connectivity index (χ3v) is 4.75. The Bertz CT molecular complexity index is 1080. The molecular formula is C22H16BrClN2O3. The van der Waals surface area contributed by atoms with E-state index < -0.39 is 11.8 Å². The zero-order valence-corrected chi connectivity index (χ0v) is 17.4. The molecule has 146 valence electrons. The van der Waals surface area contributed by atoms with Crippen molar-refractivity contribution in [3.05, 3.63) is 99.1 Å². The Balaban J connectivity index is 1.90. The number of anilines is 1. The first kappa shape index (κ1) is 20.6. The highest BCUT2D eigenvalue weighted by Crippen LogP contribution is 2.19. The van der Waals surface area contributed by atoms with Crippen LogP contribution in [-0.4, -0.2) is 16.9 Å². The SMILES string of the molecule is O=C(Nc1cccc(O)c1)/C(=C/c1ccc(Br)cc1)NC(=O)c1ccccc1Cl. The Kier molecular flexibility index (Phi) is 6.69. The van der Waals surface area contributed by atoms with Crippen LogP contribution in [0.1, 0.15) is 15.9 Å². The molecule has 0 heterocycles. The number of hydrogen-bond donors (Lipinski definition) is 3. The molecule has 3 N–H and O–H groups in total. The van der Waals surface area contributed by atoms with Crippen molar-refractivity contribution in [2.45, 2.75) is 0 Å². The second-order valence-corrected chi connectivity index (χ2v) is 7.37. The first-order valence-electron chi connectivity index (χ1n) is 8.56. The molecule has 3 rings (SSSR count). The van der Waals surface area contributed by atoms with Gasteiger partial charge in [-0.2, -0.15) is 0 Å². The van der Waals surface area contributed by atoms with Crippen molar-refractivity contribution < 1.29 is 14.7 Å². The quantitative estimate of drug-likeness (QED) is 0.447. The molecule has 2 amide bonds. The van der Waals surface area contributed by atoms with Crippen LogP contribution in [0.2, 0.25) is 5.02 Å². The molecule has 0 unspecified atom stereocenters. The van der Waals surface area contributed by atoms with Crippen molar-refractivity contribution >= 4 is 51.1 Å². The highest BCUT2D eigenvalue weighted by molar-refractivity contribution is 9.10. The van der Waals surface area contributed by atoms with Gasteiger partial charge in [-0.1, -0.05) is 57.9 Å². The molecule has 0 atom stereocenters. The second kappa shape index (κ2) is 9.41. The zero-order valence-electron chi connectivity index (χ0n) is 15.0. The van der Waals surface area contributed by atoms with E-state index in [0.717, 1.165) is 4.47 Å². The van der Waals surface area contributed by atoms with E-state index in [1.807, 2.05) is 12.1 Å². The van der Waals surface area contributed by atoms with Crippen LogP contribution in [0.4, 0.5) is 5.69 Å². The molecule has 0 aliphatic carbocycles. The van der Waals surface area contributed by atoms with Crippen LogP contribution in [0.3, 0.4) is 0 Å². The maximum absolute atomic E-state index is 12.8. The van der Waals surface area contributed by atoms with Crippen LogP contribution in [0.25, 0.3) is 6.08 Å². The van der Waals surface area contributed by atoms with E-state index in [9.17, 15) is 14.7 Å². The number of carbonyl (C=O) groups excluding carboxylic acids is 2. The largest absolute Gasteiger partial charge is 0.508 e. The Morgan fingerprint density at radius 3 is 2.38 bits per heavy atom. The van der Waals surface area contributed by atoms with Gasteiger partial charge in [0.15, 0.2) is 0 Å². The van der Waals surface area contributed by atoms with E-state index in [0.29, 0.717) is 11.3 Å². The van der Waals surface area contributed by atoms with Gasteiger partial charge >= 0.3 is 0 Å². The topological polar surface area (TPSA) is 78.4 Å². The van der Waals surface area contributed by atoms with Gasteiger partial charge in [-0.25, -0.2) is 0 Å². The van der Waals surface area contributed by atoms with Gasteiger partial charge in [0.2, 0.25) is 0 Å². The number of phenols is 1. The Morgan fingerprint density at radius 1 is 0.966 bits per heavy atom. The van der Waals surface area contributed by atoms with Gasteiger partial charge in [0, 0.05) is 16.2 Å². The van der Waals surface area contributed by atoms with Gasteiger partial charge in [0.25, 0.3) is 11.8 Å². The average Bonchev–Trinajstić information content (AvgIpc) is 2.69. The van der Waals surface area contributed by atoms with Crippen LogP contribution in [-0.2, 0) is 4.79 Å². The van der Waals surface area contributed by atoms with Crippen molar-refractivity contribution in [2.24, 2.45) is 0 Å². The van der Waals surface area contributed by atoms with Crippen LogP contribution in [0.15, 0.2) is 83.0 Å². The lowest BCUT2D eigenvalue weighted by atomic mass is 10.1. The van der Waals surface area contributed by atoms with Gasteiger partial charge < -0.3 is 15.7 Å². The van der Waals surface area contributed by atoms with Crippen LogP contribution < -0.4 is 10.6 Å². The number of halogens is 2. The number of carbonyl (C=O) groups is 2. The summed E-state index contributed by atoms with van der Waals surface area (Å²) in [6, 6.07) is 20.0. The van der Waals surface area contributed by atoms with Crippen LogP contribution in [0.5, 0.6) is 5.75 Å². The lowest BCUT2D eigenvalue weighted by molar-refractivity contribution is -0.113. The Labute approximate surface area is 181 Å². The minimum atomic E-state index is -0.543. The molecule has 0 fully saturated rings. The molecule has 7 heteroatoms. The minimum Gasteiger partial charge on any atom is -0.508 e. The van der Waals surface area contributed by atoms with E-state index in [1.165, 1.54) is 12.1 Å². The summed E-state index contributed by atoms with van der Waals surface area (Å²) in [5.41, 5.74) is 1.39. The second-order valence-electron chi connectivity index (χ2n) is 6.05. The van der Waals surface area contributed by atoms with Crippen LogP contribution >= 0.6 is 27.5 Å². The summed E-state index contributed by atoms with van der Waals surface area (Å²) >= 11 is 9.46. The van der Waals surface area contributed by atoms with Gasteiger partial charge in [-0.05, 0) is 48.0 Å². The number of nitrogens with one attached hydrogen (secondary N) is 2. The summed E-state index contributed by atoms with van der Waals surface area (Å²) in [4.78, 5) is 25.5. The smallest absolute Gasteiger partial charge is 0.272 e. The standard InChI is InChI=1S/C22H16BrClN2O3/c23-15-10-8-14(9-11-15)12-20(22(29)25-16-4-3-5-17(27)13-16)26-21(28)18-6-1-2-7-19(18)24/h1-13,27H,(H,25,29)(H,26,28)/b20-12-. The fourth-order valence-corrected chi connectivity index (χ4v) is 2.99. The summed E-state index contributed by atoms with van der Waals surface area (Å²) in [5.74, 6) is -1.04. The van der Waals surface area contributed by atoms with E-state index in [1.54, 1.807) is 54.6 Å². The zero-order chi connectivity index (χ0) is 20.8. The third-order valence-electron chi connectivity index (χ3n) is 3.90. The molecule has 3 aromatic carbocycles. The van der Waals surface area contributed by atoms with Crippen molar-refractivity contribution in [2.75, 3.05) is 5.32 Å². The summed E-state index contributed by atoms with van der Waals surface area (Å²) in [6.45, 7) is 0. The van der Waals surface area contributed by atoms with Gasteiger partial charge in [0.05, 0.1) is 10.6 Å². The summed E-state index contributed by atoms with van der Waals surface area (Å²) in [5, 5.41) is 15.2. The summed E-state index contributed by atoms with van der Waals surface area (Å²) in [7, 11) is 0. The predicted molar refractivity (Wildman–Crippen MR) is 118 cm³/mol. The first-order valence-corrected chi connectivity index (χ1v) is 9.73. The number of phenolic OH excluding ortho intramolecular Hbond substituents is 1.